The molecule has 1 rings (SSSR count). The minimum atomic E-state index is 0.610. The Morgan fingerprint density at radius 2 is 1.91 bits per heavy atom. The second-order valence-corrected chi connectivity index (χ2v) is 3.90. The fourth-order valence-corrected chi connectivity index (χ4v) is 1.12. The molecule has 2 heteroatoms. The van der Waals surface area contributed by atoms with Crippen LogP contribution in [0.1, 0.15) is 33.6 Å². The molecule has 1 saturated carbocycles. The average Bonchev–Trinajstić information content (AvgIpc) is 2.67. The van der Waals surface area contributed by atoms with Gasteiger partial charge in [-0.05, 0) is 19.8 Å². The Morgan fingerprint density at radius 3 is 2.36 bits per heavy atom. The van der Waals surface area contributed by atoms with Gasteiger partial charge in [-0.2, -0.15) is 0 Å². The summed E-state index contributed by atoms with van der Waals surface area (Å²) in [6.07, 6.45) is 2.76. The topological polar surface area (TPSA) is 24.1 Å². The van der Waals surface area contributed by atoms with E-state index in [4.69, 9.17) is 0 Å². The van der Waals surface area contributed by atoms with Crippen molar-refractivity contribution in [2.75, 3.05) is 6.54 Å². The van der Waals surface area contributed by atoms with Gasteiger partial charge in [-0.25, -0.2) is 0 Å². The van der Waals surface area contributed by atoms with Crippen molar-refractivity contribution in [3.8, 4) is 0 Å². The second-order valence-electron chi connectivity index (χ2n) is 3.90. The average molecular weight is 156 g/mol. The summed E-state index contributed by atoms with van der Waals surface area (Å²) in [6.45, 7) is 7.70. The normalized spacial score (nSPS) is 20.7. The molecule has 1 aliphatic carbocycles. The smallest absolute Gasteiger partial charge is 0.0166 e. The van der Waals surface area contributed by atoms with Crippen molar-refractivity contribution < 1.29 is 0 Å². The van der Waals surface area contributed by atoms with Gasteiger partial charge in [0.2, 0.25) is 0 Å². The summed E-state index contributed by atoms with van der Waals surface area (Å²) >= 11 is 0. The van der Waals surface area contributed by atoms with Crippen LogP contribution in [0.25, 0.3) is 0 Å². The summed E-state index contributed by atoms with van der Waals surface area (Å²) in [7, 11) is 0. The lowest BCUT2D eigenvalue weighted by atomic mass is 10.3. The lowest BCUT2D eigenvalue weighted by Crippen LogP contribution is -2.39. The third-order valence-electron chi connectivity index (χ3n) is 1.93. The first kappa shape index (κ1) is 9.01. The molecule has 2 nitrogen and oxygen atoms in total. The van der Waals surface area contributed by atoms with Gasteiger partial charge in [0.05, 0.1) is 0 Å². The maximum Gasteiger partial charge on any atom is 0.0166 e. The SMILES string of the molecule is CC(C)NCC(C)NC1CC1. The van der Waals surface area contributed by atoms with E-state index < -0.39 is 0 Å². The van der Waals surface area contributed by atoms with Crippen molar-refractivity contribution in [1.82, 2.24) is 10.6 Å². The first-order valence-corrected chi connectivity index (χ1v) is 4.68. The zero-order valence-electron chi connectivity index (χ0n) is 7.85. The molecule has 0 aromatic heterocycles. The molecule has 0 aromatic rings. The third kappa shape index (κ3) is 4.38. The van der Waals surface area contributed by atoms with Gasteiger partial charge in [0.15, 0.2) is 0 Å². The molecule has 0 heterocycles. The first-order valence-electron chi connectivity index (χ1n) is 4.68. The minimum Gasteiger partial charge on any atom is -0.313 e. The van der Waals surface area contributed by atoms with Gasteiger partial charge in [0.1, 0.15) is 0 Å². The Morgan fingerprint density at radius 1 is 1.27 bits per heavy atom. The predicted molar refractivity (Wildman–Crippen MR) is 48.8 cm³/mol. The molecule has 0 spiro atoms. The first-order chi connectivity index (χ1) is 5.18. The summed E-state index contributed by atoms with van der Waals surface area (Å²) in [4.78, 5) is 0. The number of hydrogen-bond acceptors (Lipinski definition) is 2. The van der Waals surface area contributed by atoms with Crippen LogP contribution in [-0.4, -0.2) is 24.7 Å². The predicted octanol–water partition coefficient (Wildman–Crippen LogP) is 1.12. The van der Waals surface area contributed by atoms with Crippen LogP contribution in [0.5, 0.6) is 0 Å². The number of rotatable bonds is 5. The fourth-order valence-electron chi connectivity index (χ4n) is 1.12. The molecule has 0 saturated heterocycles. The molecular weight excluding hydrogens is 136 g/mol. The van der Waals surface area contributed by atoms with Gasteiger partial charge in [0.25, 0.3) is 0 Å². The van der Waals surface area contributed by atoms with Gasteiger partial charge >= 0.3 is 0 Å². The van der Waals surface area contributed by atoms with Gasteiger partial charge < -0.3 is 10.6 Å². The summed E-state index contributed by atoms with van der Waals surface area (Å²) in [5, 5.41) is 6.96. The molecule has 0 bridgehead atoms. The second kappa shape index (κ2) is 4.07. The minimum absolute atomic E-state index is 0.610. The Hall–Kier alpha value is -0.0800. The van der Waals surface area contributed by atoms with E-state index in [1.54, 1.807) is 0 Å². The maximum absolute atomic E-state index is 3.55. The molecule has 0 aromatic carbocycles. The highest BCUT2D eigenvalue weighted by atomic mass is 15.0. The van der Waals surface area contributed by atoms with Crippen LogP contribution >= 0.6 is 0 Å². The van der Waals surface area contributed by atoms with Crippen molar-refractivity contribution in [3.05, 3.63) is 0 Å². The highest BCUT2D eigenvalue weighted by molar-refractivity contribution is 4.84. The molecule has 0 radical (unpaired) electrons. The lowest BCUT2D eigenvalue weighted by molar-refractivity contribution is 0.472. The van der Waals surface area contributed by atoms with Crippen LogP contribution in [0.2, 0.25) is 0 Å². The van der Waals surface area contributed by atoms with Crippen LogP contribution in [0.15, 0.2) is 0 Å². The standard InChI is InChI=1S/C9H20N2/c1-7(2)10-6-8(3)11-9-4-5-9/h7-11H,4-6H2,1-3H3. The monoisotopic (exact) mass is 156 g/mol. The zero-order valence-corrected chi connectivity index (χ0v) is 7.85. The van der Waals surface area contributed by atoms with E-state index in [-0.39, 0.29) is 0 Å². The Labute approximate surface area is 69.8 Å². The van der Waals surface area contributed by atoms with Crippen molar-refractivity contribution >= 4 is 0 Å². The van der Waals surface area contributed by atoms with Crippen molar-refractivity contribution in [2.24, 2.45) is 0 Å². The van der Waals surface area contributed by atoms with E-state index in [9.17, 15) is 0 Å². The van der Waals surface area contributed by atoms with E-state index in [0.29, 0.717) is 12.1 Å². The maximum atomic E-state index is 3.55. The van der Waals surface area contributed by atoms with E-state index in [0.717, 1.165) is 12.6 Å². The quantitative estimate of drug-likeness (QED) is 0.623. The van der Waals surface area contributed by atoms with Crippen molar-refractivity contribution in [3.63, 3.8) is 0 Å². The van der Waals surface area contributed by atoms with Crippen LogP contribution in [0.4, 0.5) is 0 Å². The summed E-state index contributed by atoms with van der Waals surface area (Å²) in [6, 6.07) is 2.07. The van der Waals surface area contributed by atoms with Gasteiger partial charge in [-0.1, -0.05) is 13.8 Å². The van der Waals surface area contributed by atoms with Crippen LogP contribution in [0.3, 0.4) is 0 Å². The molecule has 1 fully saturated rings. The van der Waals surface area contributed by atoms with Gasteiger partial charge in [0, 0.05) is 24.7 Å². The molecule has 11 heavy (non-hydrogen) atoms. The molecule has 66 valence electrons. The molecule has 1 unspecified atom stereocenters. The third-order valence-corrected chi connectivity index (χ3v) is 1.93. The Bertz CT molecular complexity index is 108. The van der Waals surface area contributed by atoms with Crippen LogP contribution in [0, 0.1) is 0 Å². The van der Waals surface area contributed by atoms with Gasteiger partial charge in [-0.15, -0.1) is 0 Å². The van der Waals surface area contributed by atoms with E-state index in [1.165, 1.54) is 12.8 Å². The van der Waals surface area contributed by atoms with Crippen LogP contribution < -0.4 is 10.6 Å². The summed E-state index contributed by atoms with van der Waals surface area (Å²) in [5.74, 6) is 0. The lowest BCUT2D eigenvalue weighted by Gasteiger charge is -2.15. The van der Waals surface area contributed by atoms with Gasteiger partial charge in [-0.3, -0.25) is 0 Å². The molecule has 1 aliphatic rings. The van der Waals surface area contributed by atoms with Crippen molar-refractivity contribution in [2.45, 2.75) is 51.7 Å². The van der Waals surface area contributed by atoms with E-state index in [1.807, 2.05) is 0 Å². The molecule has 2 N–H and O–H groups in total. The largest absolute Gasteiger partial charge is 0.313 e. The molecule has 1 atom stereocenters. The van der Waals surface area contributed by atoms with E-state index >= 15 is 0 Å². The fraction of sp³-hybridized carbons (Fsp3) is 1.00. The van der Waals surface area contributed by atoms with Crippen molar-refractivity contribution in [1.29, 1.82) is 0 Å². The summed E-state index contributed by atoms with van der Waals surface area (Å²) in [5.41, 5.74) is 0. The number of hydrogen-bond donors (Lipinski definition) is 2. The highest BCUT2D eigenvalue weighted by Crippen LogP contribution is 2.18. The molecule has 0 amide bonds. The van der Waals surface area contributed by atoms with Crippen LogP contribution in [-0.2, 0) is 0 Å². The summed E-state index contributed by atoms with van der Waals surface area (Å²) < 4.78 is 0. The molecule has 0 aliphatic heterocycles. The highest BCUT2D eigenvalue weighted by Gasteiger charge is 2.22. The number of nitrogens with one attached hydrogen (secondary N) is 2. The Kier molecular flexibility index (Phi) is 3.34. The zero-order chi connectivity index (χ0) is 8.27. The molecular formula is C9H20N2. The Balaban J connectivity index is 1.95. The van der Waals surface area contributed by atoms with E-state index in [2.05, 4.69) is 31.4 Å².